The minimum absolute atomic E-state index is 0.129. The highest BCUT2D eigenvalue weighted by molar-refractivity contribution is 7.92. The number of nitro groups is 1. The smallest absolute Gasteiger partial charge is 0.274 e. The molecule has 150 valence electrons. The lowest BCUT2D eigenvalue weighted by Crippen LogP contribution is -2.45. The molecule has 0 aliphatic heterocycles. The van der Waals surface area contributed by atoms with E-state index in [4.69, 9.17) is 0 Å². The van der Waals surface area contributed by atoms with Gasteiger partial charge in [-0.25, -0.2) is 17.2 Å². The van der Waals surface area contributed by atoms with Gasteiger partial charge in [-0.1, -0.05) is 6.07 Å². The van der Waals surface area contributed by atoms with Crippen molar-refractivity contribution >= 4 is 33.0 Å². The van der Waals surface area contributed by atoms with E-state index in [0.29, 0.717) is 10.4 Å². The van der Waals surface area contributed by atoms with Gasteiger partial charge >= 0.3 is 0 Å². The Labute approximate surface area is 160 Å². The van der Waals surface area contributed by atoms with Gasteiger partial charge in [0.05, 0.1) is 28.1 Å². The van der Waals surface area contributed by atoms with Crippen molar-refractivity contribution in [1.29, 1.82) is 0 Å². The molecule has 0 bridgehead atoms. The molecule has 1 atom stereocenters. The van der Waals surface area contributed by atoms with Gasteiger partial charge in [0.25, 0.3) is 5.69 Å². The van der Waals surface area contributed by atoms with Crippen molar-refractivity contribution in [2.75, 3.05) is 15.9 Å². The fourth-order valence-corrected chi connectivity index (χ4v) is 3.79. The van der Waals surface area contributed by atoms with Crippen molar-refractivity contribution in [2.24, 2.45) is 0 Å². The van der Waals surface area contributed by atoms with Gasteiger partial charge in [0.1, 0.15) is 6.04 Å². The van der Waals surface area contributed by atoms with Crippen LogP contribution in [0.5, 0.6) is 0 Å². The molecule has 0 unspecified atom stereocenters. The van der Waals surface area contributed by atoms with E-state index in [1.165, 1.54) is 32.0 Å². The molecule has 1 amide bonds. The van der Waals surface area contributed by atoms with Crippen molar-refractivity contribution in [3.63, 3.8) is 0 Å². The summed E-state index contributed by atoms with van der Waals surface area (Å²) >= 11 is 0. The van der Waals surface area contributed by atoms with Crippen LogP contribution in [0.15, 0.2) is 36.4 Å². The Morgan fingerprint density at radius 1 is 1.21 bits per heavy atom. The van der Waals surface area contributed by atoms with E-state index in [2.05, 4.69) is 5.32 Å². The van der Waals surface area contributed by atoms with Crippen molar-refractivity contribution in [2.45, 2.75) is 19.9 Å². The van der Waals surface area contributed by atoms with Gasteiger partial charge < -0.3 is 5.32 Å². The number of sulfonamides is 1. The summed E-state index contributed by atoms with van der Waals surface area (Å²) in [4.78, 5) is 23.0. The van der Waals surface area contributed by atoms with Crippen molar-refractivity contribution in [3.05, 3.63) is 63.7 Å². The number of benzene rings is 2. The molecule has 8 nitrogen and oxygen atoms in total. The van der Waals surface area contributed by atoms with E-state index in [9.17, 15) is 32.1 Å². The Bertz CT molecular complexity index is 1040. The van der Waals surface area contributed by atoms with Gasteiger partial charge in [-0.15, -0.1) is 0 Å². The maximum absolute atomic E-state index is 13.6. The highest BCUT2D eigenvalue weighted by Crippen LogP contribution is 2.27. The van der Waals surface area contributed by atoms with E-state index < -0.39 is 38.5 Å². The normalized spacial score (nSPS) is 12.3. The highest BCUT2D eigenvalue weighted by Gasteiger charge is 2.30. The van der Waals surface area contributed by atoms with E-state index in [-0.39, 0.29) is 22.6 Å². The summed E-state index contributed by atoms with van der Waals surface area (Å²) in [5, 5.41) is 13.5. The first-order valence-electron chi connectivity index (χ1n) is 7.92. The molecule has 11 heteroatoms. The molecule has 28 heavy (non-hydrogen) atoms. The molecule has 0 radical (unpaired) electrons. The topological polar surface area (TPSA) is 110 Å². The molecule has 0 fully saturated rings. The lowest BCUT2D eigenvalue weighted by Gasteiger charge is -2.28. The van der Waals surface area contributed by atoms with Crippen LogP contribution < -0.4 is 9.62 Å². The third-order valence-corrected chi connectivity index (χ3v) is 5.25. The number of hydrogen-bond donors (Lipinski definition) is 1. The standard InChI is InChI=1S/C17H17F2N3O5S/c1-10-15(5-4-6-16(10)22(24)25)20-17(23)11(2)21(28(3,26)27)12-7-8-13(18)14(19)9-12/h4-9,11H,1-3H3,(H,20,23)/t11-/m0/s1. The number of anilines is 2. The van der Waals surface area contributed by atoms with E-state index in [0.717, 1.165) is 18.4 Å². The Morgan fingerprint density at radius 3 is 2.39 bits per heavy atom. The van der Waals surface area contributed by atoms with Gasteiger partial charge in [0.2, 0.25) is 15.9 Å². The molecular formula is C17H17F2N3O5S. The number of carbonyl (C=O) groups excluding carboxylic acids is 1. The summed E-state index contributed by atoms with van der Waals surface area (Å²) in [7, 11) is -4.04. The second-order valence-electron chi connectivity index (χ2n) is 6.03. The van der Waals surface area contributed by atoms with Crippen molar-refractivity contribution in [1.82, 2.24) is 0 Å². The Balaban J connectivity index is 2.39. The first-order valence-corrected chi connectivity index (χ1v) is 9.77. The van der Waals surface area contributed by atoms with E-state index in [1.54, 1.807) is 0 Å². The molecule has 1 N–H and O–H groups in total. The number of nitrogens with zero attached hydrogens (tertiary/aromatic N) is 2. The van der Waals surface area contributed by atoms with Crippen LogP contribution in [0.4, 0.5) is 25.8 Å². The number of nitro benzene ring substituents is 1. The quantitative estimate of drug-likeness (QED) is 0.578. The first-order chi connectivity index (χ1) is 12.9. The number of hydrogen-bond acceptors (Lipinski definition) is 5. The molecule has 0 heterocycles. The third kappa shape index (κ3) is 4.42. The second-order valence-corrected chi connectivity index (χ2v) is 7.89. The average molecular weight is 413 g/mol. The minimum atomic E-state index is -4.04. The highest BCUT2D eigenvalue weighted by atomic mass is 32.2. The Hall–Kier alpha value is -3.08. The minimum Gasteiger partial charge on any atom is -0.324 e. The third-order valence-electron chi connectivity index (χ3n) is 4.01. The zero-order valence-corrected chi connectivity index (χ0v) is 16.0. The van der Waals surface area contributed by atoms with Gasteiger partial charge in [-0.05, 0) is 32.0 Å². The summed E-state index contributed by atoms with van der Waals surface area (Å²) < 4.78 is 51.7. The molecule has 0 aliphatic carbocycles. The van der Waals surface area contributed by atoms with Crippen LogP contribution in [0, 0.1) is 28.7 Å². The number of nitrogens with one attached hydrogen (secondary N) is 1. The summed E-state index contributed by atoms with van der Waals surface area (Å²) in [5.74, 6) is -3.24. The fourth-order valence-electron chi connectivity index (χ4n) is 2.62. The summed E-state index contributed by atoms with van der Waals surface area (Å²) in [6.07, 6.45) is 0.816. The predicted molar refractivity (Wildman–Crippen MR) is 99.6 cm³/mol. The van der Waals surface area contributed by atoms with Gasteiger partial charge in [-0.3, -0.25) is 19.2 Å². The molecular weight excluding hydrogens is 396 g/mol. The SMILES string of the molecule is Cc1c(NC(=O)[C@H](C)N(c2ccc(F)c(F)c2)S(C)(=O)=O)cccc1[N+](=O)[O-]. The van der Waals surface area contributed by atoms with Crippen LogP contribution in [0.25, 0.3) is 0 Å². The fraction of sp³-hybridized carbons (Fsp3) is 0.235. The molecule has 0 spiro atoms. The maximum atomic E-state index is 13.6. The molecule has 2 aromatic rings. The summed E-state index contributed by atoms with van der Waals surface area (Å²) in [6, 6.07) is 5.15. The lowest BCUT2D eigenvalue weighted by molar-refractivity contribution is -0.385. The van der Waals surface area contributed by atoms with Crippen LogP contribution in [0.2, 0.25) is 0 Å². The van der Waals surface area contributed by atoms with Gasteiger partial charge in [-0.2, -0.15) is 0 Å². The molecule has 0 aromatic heterocycles. The second kappa shape index (κ2) is 7.89. The van der Waals surface area contributed by atoms with Crippen molar-refractivity contribution < 1.29 is 26.9 Å². The lowest BCUT2D eigenvalue weighted by atomic mass is 10.1. The summed E-state index contributed by atoms with van der Waals surface area (Å²) in [5.41, 5.74) is -0.137. The van der Waals surface area contributed by atoms with Crippen LogP contribution in [0.3, 0.4) is 0 Å². The number of carbonyl (C=O) groups is 1. The van der Waals surface area contributed by atoms with Gasteiger partial charge in [0.15, 0.2) is 11.6 Å². The van der Waals surface area contributed by atoms with E-state index in [1.807, 2.05) is 0 Å². The van der Waals surface area contributed by atoms with Crippen LogP contribution in [-0.4, -0.2) is 31.5 Å². The largest absolute Gasteiger partial charge is 0.324 e. The van der Waals surface area contributed by atoms with Crippen molar-refractivity contribution in [3.8, 4) is 0 Å². The molecule has 2 rings (SSSR count). The molecule has 2 aromatic carbocycles. The number of rotatable bonds is 6. The Kier molecular flexibility index (Phi) is 5.98. The monoisotopic (exact) mass is 413 g/mol. The van der Waals surface area contributed by atoms with Crippen LogP contribution in [-0.2, 0) is 14.8 Å². The van der Waals surface area contributed by atoms with Crippen LogP contribution >= 0.6 is 0 Å². The maximum Gasteiger partial charge on any atom is 0.274 e. The number of amides is 1. The zero-order valence-electron chi connectivity index (χ0n) is 15.1. The van der Waals surface area contributed by atoms with E-state index >= 15 is 0 Å². The first kappa shape index (κ1) is 21.2. The molecule has 0 aliphatic rings. The van der Waals surface area contributed by atoms with Gasteiger partial charge in [0, 0.05) is 12.1 Å². The predicted octanol–water partition coefficient (Wildman–Crippen LogP) is 2.97. The summed E-state index contributed by atoms with van der Waals surface area (Å²) in [6.45, 7) is 2.69. The average Bonchev–Trinajstić information content (AvgIpc) is 2.58. The number of halogens is 2. The Morgan fingerprint density at radius 2 is 1.86 bits per heavy atom. The zero-order chi connectivity index (χ0) is 21.2. The van der Waals surface area contributed by atoms with Crippen LogP contribution in [0.1, 0.15) is 12.5 Å². The molecule has 0 saturated carbocycles. The molecule has 0 saturated heterocycles.